The van der Waals surface area contributed by atoms with Crippen molar-refractivity contribution in [1.82, 2.24) is 0 Å². The number of rotatable bonds is 5. The molecule has 2 aromatic rings. The van der Waals surface area contributed by atoms with E-state index in [-0.39, 0.29) is 0 Å². The van der Waals surface area contributed by atoms with Crippen LogP contribution in [-0.4, -0.2) is 18.7 Å². The molecule has 21 heavy (non-hydrogen) atoms. The van der Waals surface area contributed by atoms with E-state index in [1.165, 1.54) is 22.4 Å². The Morgan fingerprint density at radius 1 is 0.905 bits per heavy atom. The van der Waals surface area contributed by atoms with Crippen molar-refractivity contribution in [2.24, 2.45) is 0 Å². The highest BCUT2D eigenvalue weighted by Gasteiger charge is 2.10. The highest BCUT2D eigenvalue weighted by molar-refractivity contribution is 5.46. The molecule has 0 radical (unpaired) electrons. The summed E-state index contributed by atoms with van der Waals surface area (Å²) in [5.74, 6) is 0. The molecule has 2 rings (SSSR count). The van der Waals surface area contributed by atoms with Gasteiger partial charge in [-0.15, -0.1) is 0 Å². The summed E-state index contributed by atoms with van der Waals surface area (Å²) in [7, 11) is 2.07. The molecule has 0 fully saturated rings. The van der Waals surface area contributed by atoms with Gasteiger partial charge in [-0.3, -0.25) is 0 Å². The van der Waals surface area contributed by atoms with Crippen LogP contribution in [0.3, 0.4) is 0 Å². The number of benzene rings is 2. The second kappa shape index (κ2) is 6.77. The Bertz CT molecular complexity index is 569. The molecule has 0 aliphatic rings. The lowest BCUT2D eigenvalue weighted by Gasteiger charge is -2.21. The van der Waals surface area contributed by atoms with Crippen molar-refractivity contribution in [1.29, 1.82) is 0 Å². The van der Waals surface area contributed by atoms with Gasteiger partial charge < -0.3 is 10.0 Å². The summed E-state index contributed by atoms with van der Waals surface area (Å²) >= 11 is 0. The monoisotopic (exact) mass is 283 g/mol. The van der Waals surface area contributed by atoms with Crippen molar-refractivity contribution in [2.45, 2.75) is 33.3 Å². The lowest BCUT2D eigenvalue weighted by atomic mass is 10.0. The summed E-state index contributed by atoms with van der Waals surface area (Å²) < 4.78 is 0. The molecule has 0 bridgehead atoms. The lowest BCUT2D eigenvalue weighted by molar-refractivity contribution is 0.169. The van der Waals surface area contributed by atoms with E-state index < -0.39 is 6.10 Å². The van der Waals surface area contributed by atoms with E-state index in [0.717, 1.165) is 18.5 Å². The fourth-order valence-electron chi connectivity index (χ4n) is 2.61. The topological polar surface area (TPSA) is 23.5 Å². The smallest absolute Gasteiger partial charge is 0.0807 e. The minimum Gasteiger partial charge on any atom is -0.388 e. The summed E-state index contributed by atoms with van der Waals surface area (Å²) in [5.41, 5.74) is 5.88. The van der Waals surface area contributed by atoms with Crippen molar-refractivity contribution < 1.29 is 5.11 Å². The van der Waals surface area contributed by atoms with Crippen LogP contribution in [0.25, 0.3) is 0 Å². The van der Waals surface area contributed by atoms with Crippen LogP contribution in [0.15, 0.2) is 42.5 Å². The quantitative estimate of drug-likeness (QED) is 0.890. The van der Waals surface area contributed by atoms with Gasteiger partial charge in [0.1, 0.15) is 0 Å². The number of aliphatic hydroxyl groups is 1. The van der Waals surface area contributed by atoms with Gasteiger partial charge in [0.25, 0.3) is 0 Å². The van der Waals surface area contributed by atoms with Gasteiger partial charge in [0.15, 0.2) is 0 Å². The summed E-state index contributed by atoms with van der Waals surface area (Å²) in [5, 5.41) is 10.4. The molecular weight excluding hydrogens is 258 g/mol. The molecule has 0 spiro atoms. The molecule has 0 heterocycles. The van der Waals surface area contributed by atoms with Crippen LogP contribution in [0, 0.1) is 20.8 Å². The van der Waals surface area contributed by atoms with Crippen LogP contribution in [0.5, 0.6) is 0 Å². The Morgan fingerprint density at radius 2 is 1.48 bits per heavy atom. The van der Waals surface area contributed by atoms with Crippen LogP contribution in [0.2, 0.25) is 0 Å². The van der Waals surface area contributed by atoms with Gasteiger partial charge in [0.2, 0.25) is 0 Å². The van der Waals surface area contributed by atoms with Gasteiger partial charge in [-0.05, 0) is 44.9 Å². The second-order valence-electron chi connectivity index (χ2n) is 5.98. The molecule has 2 nitrogen and oxygen atoms in total. The van der Waals surface area contributed by atoms with Crippen LogP contribution < -0.4 is 4.90 Å². The van der Waals surface area contributed by atoms with Gasteiger partial charge in [0.05, 0.1) is 6.10 Å². The first-order valence-corrected chi connectivity index (χ1v) is 7.50. The standard InChI is InChI=1S/C19H25NO/c1-14-5-7-18(8-6-14)20(4)10-9-19(21)17-12-15(2)11-16(3)13-17/h5-8,11-13,19,21H,9-10H2,1-4H3. The Kier molecular flexibility index (Phi) is 5.03. The van der Waals surface area contributed by atoms with Crippen LogP contribution in [0.1, 0.15) is 34.8 Å². The van der Waals surface area contributed by atoms with Crippen molar-refractivity contribution in [3.05, 3.63) is 64.7 Å². The first-order chi connectivity index (χ1) is 9.95. The van der Waals surface area contributed by atoms with E-state index in [0.29, 0.717) is 0 Å². The number of nitrogens with zero attached hydrogens (tertiary/aromatic N) is 1. The van der Waals surface area contributed by atoms with Crippen molar-refractivity contribution in [3.63, 3.8) is 0 Å². The van der Waals surface area contributed by atoms with Crippen molar-refractivity contribution >= 4 is 5.69 Å². The average Bonchev–Trinajstić information content (AvgIpc) is 2.44. The predicted molar refractivity (Wildman–Crippen MR) is 89.9 cm³/mol. The van der Waals surface area contributed by atoms with Gasteiger partial charge in [-0.2, -0.15) is 0 Å². The van der Waals surface area contributed by atoms with Crippen LogP contribution in [-0.2, 0) is 0 Å². The van der Waals surface area contributed by atoms with E-state index in [9.17, 15) is 5.11 Å². The molecule has 0 saturated heterocycles. The molecule has 0 amide bonds. The first-order valence-electron chi connectivity index (χ1n) is 7.50. The van der Waals surface area contributed by atoms with Crippen molar-refractivity contribution in [3.8, 4) is 0 Å². The van der Waals surface area contributed by atoms with E-state index in [4.69, 9.17) is 0 Å². The largest absolute Gasteiger partial charge is 0.388 e. The molecule has 1 atom stereocenters. The molecule has 0 saturated carbocycles. The van der Waals surface area contributed by atoms with Gasteiger partial charge >= 0.3 is 0 Å². The van der Waals surface area contributed by atoms with E-state index in [1.54, 1.807) is 0 Å². The number of hydrogen-bond donors (Lipinski definition) is 1. The maximum absolute atomic E-state index is 10.4. The third-order valence-electron chi connectivity index (χ3n) is 3.84. The molecule has 2 heteroatoms. The molecule has 0 aliphatic carbocycles. The normalized spacial score (nSPS) is 12.2. The Morgan fingerprint density at radius 3 is 2.05 bits per heavy atom. The number of aliphatic hydroxyl groups excluding tert-OH is 1. The van der Waals surface area contributed by atoms with Gasteiger partial charge in [0, 0.05) is 19.3 Å². The minimum absolute atomic E-state index is 0.406. The van der Waals surface area contributed by atoms with Crippen LogP contribution in [0.4, 0.5) is 5.69 Å². The fourth-order valence-corrected chi connectivity index (χ4v) is 2.61. The average molecular weight is 283 g/mol. The van der Waals surface area contributed by atoms with Gasteiger partial charge in [-0.25, -0.2) is 0 Å². The molecule has 1 unspecified atom stereocenters. The van der Waals surface area contributed by atoms with Crippen LogP contribution >= 0.6 is 0 Å². The molecule has 1 N–H and O–H groups in total. The predicted octanol–water partition coefficient (Wildman–Crippen LogP) is 4.17. The lowest BCUT2D eigenvalue weighted by Crippen LogP contribution is -2.20. The minimum atomic E-state index is -0.406. The Balaban J connectivity index is 1.97. The maximum atomic E-state index is 10.4. The number of aryl methyl sites for hydroxylation is 3. The number of hydrogen-bond acceptors (Lipinski definition) is 2. The molecule has 0 aliphatic heterocycles. The molecule has 112 valence electrons. The maximum Gasteiger partial charge on any atom is 0.0807 e. The van der Waals surface area contributed by atoms with E-state index >= 15 is 0 Å². The fraction of sp³-hybridized carbons (Fsp3) is 0.368. The Labute approximate surface area is 128 Å². The second-order valence-corrected chi connectivity index (χ2v) is 5.98. The van der Waals surface area contributed by atoms with Crippen molar-refractivity contribution in [2.75, 3.05) is 18.5 Å². The zero-order valence-corrected chi connectivity index (χ0v) is 13.4. The Hall–Kier alpha value is -1.80. The van der Waals surface area contributed by atoms with E-state index in [1.807, 2.05) is 0 Å². The zero-order valence-electron chi connectivity index (χ0n) is 13.4. The zero-order chi connectivity index (χ0) is 15.4. The number of anilines is 1. The summed E-state index contributed by atoms with van der Waals surface area (Å²) in [6, 6.07) is 14.8. The highest BCUT2D eigenvalue weighted by Crippen LogP contribution is 2.21. The molecule has 0 aromatic heterocycles. The molecular formula is C19H25NO. The molecule has 2 aromatic carbocycles. The third kappa shape index (κ3) is 4.33. The van der Waals surface area contributed by atoms with E-state index in [2.05, 4.69) is 75.2 Å². The first kappa shape index (κ1) is 15.6. The summed E-state index contributed by atoms with van der Waals surface area (Å²) in [6.45, 7) is 7.06. The highest BCUT2D eigenvalue weighted by atomic mass is 16.3. The van der Waals surface area contributed by atoms with Gasteiger partial charge in [-0.1, -0.05) is 47.0 Å². The SMILES string of the molecule is Cc1ccc(N(C)CCC(O)c2cc(C)cc(C)c2)cc1. The summed E-state index contributed by atoms with van der Waals surface area (Å²) in [6.07, 6.45) is 0.323. The third-order valence-corrected chi connectivity index (χ3v) is 3.84. The summed E-state index contributed by atoms with van der Waals surface area (Å²) in [4.78, 5) is 2.19.